The van der Waals surface area contributed by atoms with Crippen molar-refractivity contribution < 1.29 is 14.3 Å². The number of benzene rings is 2. The smallest absolute Gasteiger partial charge is 0.248 e. The zero-order chi connectivity index (χ0) is 17.8. The zero-order valence-electron chi connectivity index (χ0n) is 13.4. The largest absolute Gasteiger partial charge is 0.497 e. The molecule has 0 radical (unpaired) electrons. The number of fused-ring (bicyclic) bond motifs is 1. The maximum Gasteiger partial charge on any atom is 0.248 e. The van der Waals surface area contributed by atoms with Crippen LogP contribution < -0.4 is 15.8 Å². The van der Waals surface area contributed by atoms with Crippen molar-refractivity contribution in [2.45, 2.75) is 5.16 Å². The molecule has 7 nitrogen and oxygen atoms in total. The molecule has 0 bridgehead atoms. The maximum absolute atomic E-state index is 12.0. The van der Waals surface area contributed by atoms with Crippen LogP contribution in [-0.2, 0) is 4.79 Å². The first-order valence-electron chi connectivity index (χ1n) is 7.41. The summed E-state index contributed by atoms with van der Waals surface area (Å²) in [6, 6.07) is 11.9. The molecule has 1 heterocycles. The van der Waals surface area contributed by atoms with Crippen molar-refractivity contribution in [1.29, 1.82) is 0 Å². The number of anilines is 1. The molecule has 0 atom stereocenters. The lowest BCUT2D eigenvalue weighted by molar-refractivity contribution is -0.113. The first-order valence-corrected chi connectivity index (χ1v) is 8.40. The molecule has 0 aliphatic rings. The molecule has 4 N–H and O–H groups in total. The minimum atomic E-state index is -0.505. The third-order valence-corrected chi connectivity index (χ3v) is 4.33. The van der Waals surface area contributed by atoms with Crippen molar-refractivity contribution >= 4 is 40.3 Å². The number of amides is 2. The second kappa shape index (κ2) is 7.27. The average molecular weight is 356 g/mol. The number of nitrogens with zero attached hydrogens (tertiary/aromatic N) is 1. The quantitative estimate of drug-likeness (QED) is 0.588. The summed E-state index contributed by atoms with van der Waals surface area (Å²) in [6.07, 6.45) is 0. The van der Waals surface area contributed by atoms with E-state index in [-0.39, 0.29) is 11.7 Å². The number of imidazole rings is 1. The van der Waals surface area contributed by atoms with E-state index in [2.05, 4.69) is 15.3 Å². The number of H-pyrrole nitrogens is 1. The van der Waals surface area contributed by atoms with Gasteiger partial charge in [-0.15, -0.1) is 0 Å². The third kappa shape index (κ3) is 4.10. The van der Waals surface area contributed by atoms with Gasteiger partial charge in [0.1, 0.15) is 5.75 Å². The number of rotatable bonds is 6. The predicted molar refractivity (Wildman–Crippen MR) is 97.0 cm³/mol. The molecule has 0 aliphatic heterocycles. The van der Waals surface area contributed by atoms with Crippen LogP contribution in [0, 0.1) is 0 Å². The molecule has 0 unspecified atom stereocenters. The predicted octanol–water partition coefficient (Wildman–Crippen LogP) is 2.40. The highest BCUT2D eigenvalue weighted by molar-refractivity contribution is 7.99. The minimum absolute atomic E-state index is 0.171. The minimum Gasteiger partial charge on any atom is -0.497 e. The van der Waals surface area contributed by atoms with Crippen LogP contribution in [0.25, 0.3) is 11.0 Å². The van der Waals surface area contributed by atoms with Gasteiger partial charge in [-0.1, -0.05) is 11.8 Å². The summed E-state index contributed by atoms with van der Waals surface area (Å²) in [5.74, 6) is 0.267. The van der Waals surface area contributed by atoms with Gasteiger partial charge in [-0.05, 0) is 36.4 Å². The molecule has 0 saturated heterocycles. The van der Waals surface area contributed by atoms with Gasteiger partial charge in [0.2, 0.25) is 11.8 Å². The molecule has 0 saturated carbocycles. The molecule has 8 heteroatoms. The molecule has 3 rings (SSSR count). The Balaban J connectivity index is 1.59. The van der Waals surface area contributed by atoms with Gasteiger partial charge in [0.15, 0.2) is 5.16 Å². The Hall–Kier alpha value is -3.00. The van der Waals surface area contributed by atoms with Gasteiger partial charge in [-0.2, -0.15) is 0 Å². The summed E-state index contributed by atoms with van der Waals surface area (Å²) in [5.41, 5.74) is 7.84. The molecule has 1 aromatic heterocycles. The van der Waals surface area contributed by atoms with Crippen LogP contribution in [0.2, 0.25) is 0 Å². The van der Waals surface area contributed by atoms with E-state index in [1.165, 1.54) is 11.8 Å². The lowest BCUT2D eigenvalue weighted by Crippen LogP contribution is -2.15. The molecule has 25 heavy (non-hydrogen) atoms. The van der Waals surface area contributed by atoms with Gasteiger partial charge < -0.3 is 20.8 Å². The second-order valence-corrected chi connectivity index (χ2v) is 6.17. The Morgan fingerprint density at radius 2 is 2.00 bits per heavy atom. The standard InChI is InChI=1S/C17H16N4O3S/c1-24-12-6-7-13-14(8-12)21-17(20-13)25-9-15(22)19-11-4-2-10(3-5-11)16(18)23/h2-8H,9H2,1H3,(H2,18,23)(H,19,22)(H,20,21). The molecular weight excluding hydrogens is 340 g/mol. The van der Waals surface area contributed by atoms with Gasteiger partial charge >= 0.3 is 0 Å². The monoisotopic (exact) mass is 356 g/mol. The van der Waals surface area contributed by atoms with Crippen molar-refractivity contribution in [2.24, 2.45) is 5.73 Å². The van der Waals surface area contributed by atoms with Crippen LogP contribution in [0.5, 0.6) is 5.75 Å². The van der Waals surface area contributed by atoms with Gasteiger partial charge in [0.05, 0.1) is 23.9 Å². The number of nitrogens with two attached hydrogens (primary N) is 1. The number of nitrogens with one attached hydrogen (secondary N) is 2. The molecule has 128 valence electrons. The Morgan fingerprint density at radius 1 is 1.24 bits per heavy atom. The number of aromatic amines is 1. The Labute approximate surface area is 148 Å². The summed E-state index contributed by atoms with van der Waals surface area (Å²) in [6.45, 7) is 0. The van der Waals surface area contributed by atoms with Gasteiger partial charge in [0, 0.05) is 17.3 Å². The normalized spacial score (nSPS) is 10.6. The summed E-state index contributed by atoms with van der Waals surface area (Å²) in [4.78, 5) is 30.6. The summed E-state index contributed by atoms with van der Waals surface area (Å²) in [7, 11) is 1.60. The number of aromatic nitrogens is 2. The SMILES string of the molecule is COc1ccc2nc(SCC(=O)Nc3ccc(C(N)=O)cc3)[nH]c2c1. The van der Waals surface area contributed by atoms with Gasteiger partial charge in [-0.3, -0.25) is 9.59 Å². The fourth-order valence-corrected chi connectivity index (χ4v) is 2.89. The van der Waals surface area contributed by atoms with Crippen LogP contribution >= 0.6 is 11.8 Å². The van der Waals surface area contributed by atoms with E-state index >= 15 is 0 Å². The number of carbonyl (C=O) groups is 2. The van der Waals surface area contributed by atoms with Gasteiger partial charge in [-0.25, -0.2) is 4.98 Å². The van der Waals surface area contributed by atoms with Crippen molar-refractivity contribution in [3.05, 3.63) is 48.0 Å². The van der Waals surface area contributed by atoms with E-state index in [0.717, 1.165) is 16.8 Å². The van der Waals surface area contributed by atoms with E-state index in [1.807, 2.05) is 18.2 Å². The van der Waals surface area contributed by atoms with E-state index in [1.54, 1.807) is 31.4 Å². The molecule has 0 aliphatic carbocycles. The Kier molecular flexibility index (Phi) is 4.90. The molecular formula is C17H16N4O3S. The lowest BCUT2D eigenvalue weighted by Gasteiger charge is -2.04. The summed E-state index contributed by atoms with van der Waals surface area (Å²) < 4.78 is 5.17. The zero-order valence-corrected chi connectivity index (χ0v) is 14.2. The molecule has 2 aromatic carbocycles. The number of ether oxygens (including phenoxy) is 1. The van der Waals surface area contributed by atoms with Crippen LogP contribution in [0.3, 0.4) is 0 Å². The summed E-state index contributed by atoms with van der Waals surface area (Å²) in [5, 5.41) is 3.41. The van der Waals surface area contributed by atoms with Crippen molar-refractivity contribution in [3.8, 4) is 5.75 Å². The highest BCUT2D eigenvalue weighted by Gasteiger charge is 2.09. The molecule has 0 spiro atoms. The van der Waals surface area contributed by atoms with E-state index < -0.39 is 5.91 Å². The molecule has 2 amide bonds. The summed E-state index contributed by atoms with van der Waals surface area (Å²) >= 11 is 1.30. The fourth-order valence-electron chi connectivity index (χ4n) is 2.21. The van der Waals surface area contributed by atoms with Crippen molar-refractivity contribution in [1.82, 2.24) is 9.97 Å². The fraction of sp³-hybridized carbons (Fsp3) is 0.118. The first-order chi connectivity index (χ1) is 12.0. The highest BCUT2D eigenvalue weighted by atomic mass is 32.2. The van der Waals surface area contributed by atoms with E-state index in [9.17, 15) is 9.59 Å². The number of primary amides is 1. The third-order valence-electron chi connectivity index (χ3n) is 3.46. The van der Waals surface area contributed by atoms with Crippen molar-refractivity contribution in [2.75, 3.05) is 18.2 Å². The van der Waals surface area contributed by atoms with E-state index in [4.69, 9.17) is 10.5 Å². The van der Waals surface area contributed by atoms with Crippen LogP contribution in [0.1, 0.15) is 10.4 Å². The number of methoxy groups -OCH3 is 1. The van der Waals surface area contributed by atoms with Gasteiger partial charge in [0.25, 0.3) is 0 Å². The Morgan fingerprint density at radius 3 is 2.68 bits per heavy atom. The van der Waals surface area contributed by atoms with Crippen LogP contribution in [0.4, 0.5) is 5.69 Å². The lowest BCUT2D eigenvalue weighted by atomic mass is 10.2. The Bertz CT molecular complexity index is 921. The number of carbonyl (C=O) groups excluding carboxylic acids is 2. The number of thioether (sulfide) groups is 1. The second-order valence-electron chi connectivity index (χ2n) is 5.20. The van der Waals surface area contributed by atoms with Crippen LogP contribution in [-0.4, -0.2) is 34.6 Å². The number of hydrogen-bond acceptors (Lipinski definition) is 5. The van der Waals surface area contributed by atoms with Crippen LogP contribution in [0.15, 0.2) is 47.6 Å². The molecule has 3 aromatic rings. The van der Waals surface area contributed by atoms with Crippen molar-refractivity contribution in [3.63, 3.8) is 0 Å². The molecule has 0 fully saturated rings. The van der Waals surface area contributed by atoms with E-state index in [0.29, 0.717) is 16.4 Å². The number of hydrogen-bond donors (Lipinski definition) is 3. The highest BCUT2D eigenvalue weighted by Crippen LogP contribution is 2.23. The average Bonchev–Trinajstić information content (AvgIpc) is 3.02. The topological polar surface area (TPSA) is 110 Å². The maximum atomic E-state index is 12.0. The first kappa shape index (κ1) is 16.8.